The number of hydrogen-bond donors (Lipinski definition) is 0. The summed E-state index contributed by atoms with van der Waals surface area (Å²) in [6.45, 7) is 3.88. The molecular formula is C8H10Cl3N3. The maximum Gasteiger partial charge on any atom is 0.250 e. The first-order valence-electron chi connectivity index (χ1n) is 4.28. The lowest BCUT2D eigenvalue weighted by molar-refractivity contribution is 0.777. The molecule has 6 heteroatoms. The maximum absolute atomic E-state index is 5.69. The topological polar surface area (TPSA) is 38.7 Å². The molecule has 0 spiro atoms. The average molecular weight is 255 g/mol. The third-order valence-corrected chi connectivity index (χ3v) is 2.12. The van der Waals surface area contributed by atoms with Gasteiger partial charge in [-0.1, -0.05) is 48.7 Å². The molecule has 0 amide bonds. The number of aromatic nitrogens is 3. The second kappa shape index (κ2) is 4.60. The Morgan fingerprint density at radius 2 is 1.36 bits per heavy atom. The van der Waals surface area contributed by atoms with Gasteiger partial charge in [-0.25, -0.2) is 15.0 Å². The van der Waals surface area contributed by atoms with E-state index in [0.717, 1.165) is 0 Å². The van der Waals surface area contributed by atoms with Gasteiger partial charge in [0, 0.05) is 12.8 Å². The van der Waals surface area contributed by atoms with Crippen molar-refractivity contribution >= 4 is 34.8 Å². The van der Waals surface area contributed by atoms with E-state index >= 15 is 0 Å². The van der Waals surface area contributed by atoms with Crippen LogP contribution >= 0.6 is 34.8 Å². The van der Waals surface area contributed by atoms with E-state index in [0.29, 0.717) is 24.5 Å². The minimum Gasteiger partial charge on any atom is -0.218 e. The van der Waals surface area contributed by atoms with Crippen LogP contribution in [0.4, 0.5) is 0 Å². The minimum absolute atomic E-state index is 0.200. The lowest BCUT2D eigenvalue weighted by Crippen LogP contribution is -2.13. The molecule has 0 aromatic carbocycles. The molecule has 0 N–H and O–H groups in total. The number of hydrogen-bond acceptors (Lipinski definition) is 3. The van der Waals surface area contributed by atoms with Crippen molar-refractivity contribution in [2.24, 2.45) is 0 Å². The first kappa shape index (κ1) is 12.0. The fourth-order valence-electron chi connectivity index (χ4n) is 0.911. The molecule has 1 heterocycles. The van der Waals surface area contributed by atoms with Gasteiger partial charge in [-0.05, 0) is 0 Å². The molecule has 0 saturated heterocycles. The second-order valence-electron chi connectivity index (χ2n) is 2.70. The molecule has 0 aliphatic rings. The predicted octanol–water partition coefficient (Wildman–Crippen LogP) is 2.82. The van der Waals surface area contributed by atoms with Gasteiger partial charge in [-0.2, -0.15) is 0 Å². The highest BCUT2D eigenvalue weighted by molar-refractivity contribution is 6.66. The molecule has 78 valence electrons. The van der Waals surface area contributed by atoms with Crippen LogP contribution in [0.2, 0.25) is 0 Å². The van der Waals surface area contributed by atoms with E-state index < -0.39 is 3.79 Å². The SMILES string of the molecule is CCc1nc(CC)nc(C(Cl)(Cl)Cl)n1. The van der Waals surface area contributed by atoms with Crippen molar-refractivity contribution in [3.8, 4) is 0 Å². The zero-order valence-corrected chi connectivity index (χ0v) is 10.2. The molecule has 1 aromatic rings. The molecule has 1 aromatic heterocycles. The van der Waals surface area contributed by atoms with Crippen molar-refractivity contribution in [1.82, 2.24) is 15.0 Å². The maximum atomic E-state index is 5.69. The van der Waals surface area contributed by atoms with E-state index in [4.69, 9.17) is 34.8 Å². The summed E-state index contributed by atoms with van der Waals surface area (Å²) in [6, 6.07) is 0. The zero-order chi connectivity index (χ0) is 10.8. The largest absolute Gasteiger partial charge is 0.250 e. The normalized spacial score (nSPS) is 11.8. The van der Waals surface area contributed by atoms with Crippen LogP contribution in [-0.4, -0.2) is 15.0 Å². The lowest BCUT2D eigenvalue weighted by Gasteiger charge is -2.10. The molecule has 0 saturated carbocycles. The quantitative estimate of drug-likeness (QED) is 0.762. The van der Waals surface area contributed by atoms with Gasteiger partial charge in [-0.15, -0.1) is 0 Å². The molecule has 1 rings (SSSR count). The van der Waals surface area contributed by atoms with Crippen LogP contribution in [-0.2, 0) is 16.6 Å². The predicted molar refractivity (Wildman–Crippen MR) is 57.8 cm³/mol. The fourth-order valence-corrected chi connectivity index (χ4v) is 1.17. The standard InChI is InChI=1S/C8H10Cl3N3/c1-3-5-12-6(4-2)14-7(13-5)8(9,10)11/h3-4H2,1-2H3. The molecular weight excluding hydrogens is 244 g/mol. The minimum atomic E-state index is -1.57. The molecule has 0 bridgehead atoms. The summed E-state index contributed by atoms with van der Waals surface area (Å²) in [7, 11) is 0. The third-order valence-electron chi connectivity index (χ3n) is 1.61. The van der Waals surface area contributed by atoms with E-state index in [-0.39, 0.29) is 5.82 Å². The van der Waals surface area contributed by atoms with Crippen molar-refractivity contribution in [3.05, 3.63) is 17.5 Å². The number of halogens is 3. The van der Waals surface area contributed by atoms with Crippen LogP contribution in [0, 0.1) is 0 Å². The Labute approximate surface area is 97.8 Å². The Balaban J connectivity index is 3.17. The highest BCUT2D eigenvalue weighted by atomic mass is 35.6. The van der Waals surface area contributed by atoms with Crippen LogP contribution in [0.15, 0.2) is 0 Å². The first-order chi connectivity index (χ1) is 6.47. The van der Waals surface area contributed by atoms with E-state index in [1.165, 1.54) is 0 Å². The van der Waals surface area contributed by atoms with Crippen molar-refractivity contribution in [3.63, 3.8) is 0 Å². The van der Waals surface area contributed by atoms with Crippen LogP contribution in [0.25, 0.3) is 0 Å². The second-order valence-corrected chi connectivity index (χ2v) is 4.98. The molecule has 3 nitrogen and oxygen atoms in total. The van der Waals surface area contributed by atoms with Crippen molar-refractivity contribution < 1.29 is 0 Å². The van der Waals surface area contributed by atoms with Crippen LogP contribution in [0.5, 0.6) is 0 Å². The average Bonchev–Trinajstić information content (AvgIpc) is 2.15. The van der Waals surface area contributed by atoms with Gasteiger partial charge in [0.05, 0.1) is 0 Å². The zero-order valence-electron chi connectivity index (χ0n) is 7.89. The third kappa shape index (κ3) is 2.94. The summed E-state index contributed by atoms with van der Waals surface area (Å²) >= 11 is 17.1. The Morgan fingerprint density at radius 1 is 0.929 bits per heavy atom. The molecule has 0 unspecified atom stereocenters. The number of aryl methyl sites for hydroxylation is 2. The van der Waals surface area contributed by atoms with Crippen molar-refractivity contribution in [1.29, 1.82) is 0 Å². The highest BCUT2D eigenvalue weighted by Crippen LogP contribution is 2.35. The summed E-state index contributed by atoms with van der Waals surface area (Å²) in [5.41, 5.74) is 0. The Bertz CT molecular complexity index is 300. The van der Waals surface area contributed by atoms with Gasteiger partial charge in [0.2, 0.25) is 3.79 Å². The monoisotopic (exact) mass is 253 g/mol. The van der Waals surface area contributed by atoms with E-state index in [2.05, 4.69) is 15.0 Å². The molecule has 0 fully saturated rings. The van der Waals surface area contributed by atoms with Gasteiger partial charge in [0.1, 0.15) is 11.6 Å². The van der Waals surface area contributed by atoms with Gasteiger partial charge < -0.3 is 0 Å². The van der Waals surface area contributed by atoms with Gasteiger partial charge >= 0.3 is 0 Å². The molecule has 0 aliphatic heterocycles. The highest BCUT2D eigenvalue weighted by Gasteiger charge is 2.27. The van der Waals surface area contributed by atoms with Crippen molar-refractivity contribution in [2.75, 3.05) is 0 Å². The number of nitrogens with zero attached hydrogens (tertiary/aromatic N) is 3. The summed E-state index contributed by atoms with van der Waals surface area (Å²) in [4.78, 5) is 12.3. The summed E-state index contributed by atoms with van der Waals surface area (Å²) in [6.07, 6.45) is 1.40. The van der Waals surface area contributed by atoms with Crippen LogP contribution in [0.3, 0.4) is 0 Å². The molecule has 0 radical (unpaired) electrons. The molecule has 14 heavy (non-hydrogen) atoms. The van der Waals surface area contributed by atoms with Crippen LogP contribution in [0.1, 0.15) is 31.3 Å². The number of rotatable bonds is 2. The van der Waals surface area contributed by atoms with Crippen LogP contribution < -0.4 is 0 Å². The summed E-state index contributed by atoms with van der Waals surface area (Å²) in [5.74, 6) is 1.50. The van der Waals surface area contributed by atoms with Gasteiger partial charge in [-0.3, -0.25) is 0 Å². The van der Waals surface area contributed by atoms with Gasteiger partial charge in [0.25, 0.3) is 0 Å². The molecule has 0 atom stereocenters. The smallest absolute Gasteiger partial charge is 0.218 e. The Hall–Kier alpha value is -0.120. The van der Waals surface area contributed by atoms with E-state index in [9.17, 15) is 0 Å². The fraction of sp³-hybridized carbons (Fsp3) is 0.625. The van der Waals surface area contributed by atoms with E-state index in [1.807, 2.05) is 13.8 Å². The van der Waals surface area contributed by atoms with E-state index in [1.54, 1.807) is 0 Å². The Kier molecular flexibility index (Phi) is 3.93. The Morgan fingerprint density at radius 3 is 1.64 bits per heavy atom. The lowest BCUT2D eigenvalue weighted by atomic mass is 10.4. The first-order valence-corrected chi connectivity index (χ1v) is 5.41. The summed E-state index contributed by atoms with van der Waals surface area (Å²) in [5, 5.41) is 0. The molecule has 0 aliphatic carbocycles. The summed E-state index contributed by atoms with van der Waals surface area (Å²) < 4.78 is -1.57. The van der Waals surface area contributed by atoms with Gasteiger partial charge in [0.15, 0.2) is 5.82 Å². The van der Waals surface area contributed by atoms with Crippen molar-refractivity contribution in [2.45, 2.75) is 30.5 Å². The number of alkyl halides is 3.